The van der Waals surface area contributed by atoms with E-state index >= 15 is 0 Å². The van der Waals surface area contributed by atoms with Crippen LogP contribution in [-0.2, 0) is 0 Å². The zero-order valence-electron chi connectivity index (χ0n) is 12.5. The number of benzene rings is 1. The summed E-state index contributed by atoms with van der Waals surface area (Å²) in [5, 5.41) is 5.28. The highest BCUT2D eigenvalue weighted by Gasteiger charge is 2.14. The largest absolute Gasteiger partial charge is 0.381 e. The Labute approximate surface area is 128 Å². The Morgan fingerprint density at radius 2 is 1.86 bits per heavy atom. The SMILES string of the molecule is CCNc1c(F)cc(C(=O)NCCCCCSC)cc1F. The van der Waals surface area contributed by atoms with Crippen molar-refractivity contribution >= 4 is 23.4 Å². The van der Waals surface area contributed by atoms with Crippen molar-refractivity contribution in [2.24, 2.45) is 0 Å². The molecule has 118 valence electrons. The molecule has 21 heavy (non-hydrogen) atoms. The first kappa shape index (κ1) is 17.8. The monoisotopic (exact) mass is 316 g/mol. The molecule has 0 aliphatic rings. The van der Waals surface area contributed by atoms with Gasteiger partial charge >= 0.3 is 0 Å². The van der Waals surface area contributed by atoms with Crippen molar-refractivity contribution in [2.45, 2.75) is 26.2 Å². The third-order valence-corrected chi connectivity index (χ3v) is 3.67. The lowest BCUT2D eigenvalue weighted by Gasteiger charge is -2.09. The number of hydrogen-bond donors (Lipinski definition) is 2. The molecule has 1 aromatic rings. The lowest BCUT2D eigenvalue weighted by atomic mass is 10.1. The number of thioether (sulfide) groups is 1. The van der Waals surface area contributed by atoms with Gasteiger partial charge < -0.3 is 10.6 Å². The van der Waals surface area contributed by atoms with Crippen molar-refractivity contribution in [2.75, 3.05) is 30.4 Å². The minimum absolute atomic E-state index is 0.00997. The molecule has 1 amide bonds. The van der Waals surface area contributed by atoms with Crippen molar-refractivity contribution in [3.8, 4) is 0 Å². The third kappa shape index (κ3) is 5.91. The van der Waals surface area contributed by atoms with E-state index < -0.39 is 17.5 Å². The Bertz CT molecular complexity index is 446. The van der Waals surface area contributed by atoms with Crippen LogP contribution >= 0.6 is 11.8 Å². The zero-order chi connectivity index (χ0) is 15.7. The van der Waals surface area contributed by atoms with E-state index in [1.807, 2.05) is 0 Å². The van der Waals surface area contributed by atoms with Crippen molar-refractivity contribution in [1.82, 2.24) is 5.32 Å². The summed E-state index contributed by atoms with van der Waals surface area (Å²) in [6.07, 6.45) is 5.07. The normalized spacial score (nSPS) is 10.5. The molecule has 0 aliphatic carbocycles. The lowest BCUT2D eigenvalue weighted by Crippen LogP contribution is -2.25. The molecule has 0 unspecified atom stereocenters. The number of carbonyl (C=O) groups excluding carboxylic acids is 1. The minimum atomic E-state index is -0.748. The highest BCUT2D eigenvalue weighted by atomic mass is 32.2. The summed E-state index contributed by atoms with van der Waals surface area (Å²) in [7, 11) is 0. The summed E-state index contributed by atoms with van der Waals surface area (Å²) < 4.78 is 27.4. The van der Waals surface area contributed by atoms with Crippen LogP contribution in [-0.4, -0.2) is 31.0 Å². The minimum Gasteiger partial charge on any atom is -0.381 e. The highest BCUT2D eigenvalue weighted by Crippen LogP contribution is 2.20. The first-order chi connectivity index (χ1) is 10.1. The van der Waals surface area contributed by atoms with Gasteiger partial charge in [-0.15, -0.1) is 0 Å². The van der Waals surface area contributed by atoms with Crippen LogP contribution in [0.1, 0.15) is 36.5 Å². The molecule has 6 heteroatoms. The maximum absolute atomic E-state index is 13.7. The van der Waals surface area contributed by atoms with E-state index in [0.29, 0.717) is 13.1 Å². The van der Waals surface area contributed by atoms with Gasteiger partial charge in [-0.1, -0.05) is 6.42 Å². The Morgan fingerprint density at radius 1 is 1.19 bits per heavy atom. The number of amides is 1. The molecular weight excluding hydrogens is 294 g/mol. The second kappa shape index (κ2) is 9.60. The zero-order valence-corrected chi connectivity index (χ0v) is 13.3. The van der Waals surface area contributed by atoms with Gasteiger partial charge in [0.25, 0.3) is 5.91 Å². The Kier molecular flexibility index (Phi) is 8.12. The molecule has 0 aromatic heterocycles. The molecule has 0 spiro atoms. The van der Waals surface area contributed by atoms with Crippen molar-refractivity contribution in [3.05, 3.63) is 29.3 Å². The molecule has 0 aliphatic heterocycles. The van der Waals surface area contributed by atoms with E-state index in [0.717, 1.165) is 37.1 Å². The number of anilines is 1. The second-order valence-corrected chi connectivity index (χ2v) is 5.64. The fraction of sp³-hybridized carbons (Fsp3) is 0.533. The molecule has 1 rings (SSSR count). The van der Waals surface area contributed by atoms with Gasteiger partial charge in [0.15, 0.2) is 0 Å². The smallest absolute Gasteiger partial charge is 0.251 e. The third-order valence-electron chi connectivity index (χ3n) is 2.97. The molecule has 0 atom stereocenters. The first-order valence-corrected chi connectivity index (χ1v) is 8.49. The second-order valence-electron chi connectivity index (χ2n) is 4.65. The molecule has 0 saturated heterocycles. The molecule has 0 radical (unpaired) electrons. The number of nitrogens with one attached hydrogen (secondary N) is 2. The Morgan fingerprint density at radius 3 is 2.43 bits per heavy atom. The number of carbonyl (C=O) groups is 1. The van der Waals surface area contributed by atoms with Crippen LogP contribution < -0.4 is 10.6 Å². The molecule has 0 heterocycles. The van der Waals surface area contributed by atoms with E-state index in [-0.39, 0.29) is 11.3 Å². The average Bonchev–Trinajstić information content (AvgIpc) is 2.46. The maximum Gasteiger partial charge on any atom is 0.251 e. The number of unbranched alkanes of at least 4 members (excludes halogenated alkanes) is 2. The van der Waals surface area contributed by atoms with Crippen LogP contribution in [0.25, 0.3) is 0 Å². The van der Waals surface area contributed by atoms with Gasteiger partial charge in [0.1, 0.15) is 17.3 Å². The van der Waals surface area contributed by atoms with Crippen LogP contribution in [0.4, 0.5) is 14.5 Å². The van der Waals surface area contributed by atoms with Crippen molar-refractivity contribution in [1.29, 1.82) is 0 Å². The first-order valence-electron chi connectivity index (χ1n) is 7.10. The highest BCUT2D eigenvalue weighted by molar-refractivity contribution is 7.98. The summed E-state index contributed by atoms with van der Waals surface area (Å²) in [4.78, 5) is 11.8. The molecule has 0 fully saturated rings. The Hall–Kier alpha value is -1.30. The predicted octanol–water partition coefficient (Wildman–Crippen LogP) is 3.66. The molecular formula is C15H22F2N2OS. The molecule has 0 bridgehead atoms. The van der Waals surface area contributed by atoms with Crippen molar-refractivity contribution < 1.29 is 13.6 Å². The summed E-state index contributed by atoms with van der Waals surface area (Å²) >= 11 is 1.79. The maximum atomic E-state index is 13.7. The summed E-state index contributed by atoms with van der Waals surface area (Å²) in [5.74, 6) is -0.833. The van der Waals surface area contributed by atoms with Crippen molar-refractivity contribution in [3.63, 3.8) is 0 Å². The van der Waals surface area contributed by atoms with Crippen LogP contribution in [0.3, 0.4) is 0 Å². The number of halogens is 2. The topological polar surface area (TPSA) is 41.1 Å². The van der Waals surface area contributed by atoms with E-state index in [1.54, 1.807) is 18.7 Å². The van der Waals surface area contributed by atoms with Gasteiger partial charge in [-0.25, -0.2) is 8.78 Å². The molecule has 3 nitrogen and oxygen atoms in total. The van der Waals surface area contributed by atoms with Crippen LogP contribution in [0.15, 0.2) is 12.1 Å². The van der Waals surface area contributed by atoms with Crippen LogP contribution in [0.5, 0.6) is 0 Å². The quantitative estimate of drug-likeness (QED) is 0.683. The molecule has 2 N–H and O–H groups in total. The average molecular weight is 316 g/mol. The van der Waals surface area contributed by atoms with Crippen LogP contribution in [0, 0.1) is 11.6 Å². The summed E-state index contributed by atoms with van der Waals surface area (Å²) in [5.41, 5.74) is -0.179. The van der Waals surface area contributed by atoms with Crippen LogP contribution in [0.2, 0.25) is 0 Å². The van der Waals surface area contributed by atoms with Gasteiger partial charge in [0.05, 0.1) is 0 Å². The number of hydrogen-bond acceptors (Lipinski definition) is 3. The van der Waals surface area contributed by atoms with E-state index in [9.17, 15) is 13.6 Å². The van der Waals surface area contributed by atoms with Gasteiger partial charge in [-0.05, 0) is 43.9 Å². The van der Waals surface area contributed by atoms with Gasteiger partial charge in [-0.2, -0.15) is 11.8 Å². The fourth-order valence-corrected chi connectivity index (χ4v) is 2.39. The van der Waals surface area contributed by atoms with Gasteiger partial charge in [0, 0.05) is 18.7 Å². The van der Waals surface area contributed by atoms with Gasteiger partial charge in [0.2, 0.25) is 0 Å². The molecule has 1 aromatic carbocycles. The summed E-state index contributed by atoms with van der Waals surface area (Å²) in [6, 6.07) is 2.12. The lowest BCUT2D eigenvalue weighted by molar-refractivity contribution is 0.0952. The van der Waals surface area contributed by atoms with E-state index in [1.165, 1.54) is 0 Å². The predicted molar refractivity (Wildman–Crippen MR) is 85.1 cm³/mol. The molecule has 0 saturated carbocycles. The van der Waals surface area contributed by atoms with E-state index in [4.69, 9.17) is 0 Å². The summed E-state index contributed by atoms with van der Waals surface area (Å²) in [6.45, 7) is 2.68. The van der Waals surface area contributed by atoms with E-state index in [2.05, 4.69) is 16.9 Å². The number of rotatable bonds is 9. The fourth-order valence-electron chi connectivity index (χ4n) is 1.90. The Balaban J connectivity index is 2.51. The standard InChI is InChI=1S/C15H22F2N2OS/c1-3-18-14-12(16)9-11(10-13(14)17)15(20)19-7-5-4-6-8-21-2/h9-10,18H,3-8H2,1-2H3,(H,19,20). The van der Waals surface area contributed by atoms with Gasteiger partial charge in [-0.3, -0.25) is 4.79 Å².